The maximum absolute atomic E-state index is 13.1. The molecule has 0 spiro atoms. The van der Waals surface area contributed by atoms with Crippen molar-refractivity contribution in [1.29, 1.82) is 0 Å². The van der Waals surface area contributed by atoms with E-state index in [4.69, 9.17) is 0 Å². The molecule has 0 aliphatic heterocycles. The first-order valence-electron chi connectivity index (χ1n) is 7.32. The summed E-state index contributed by atoms with van der Waals surface area (Å²) < 4.78 is 65.9. The molecule has 0 aliphatic carbocycles. The van der Waals surface area contributed by atoms with E-state index in [0.717, 1.165) is 0 Å². The molecule has 3 rings (SSSR count). The lowest BCUT2D eigenvalue weighted by atomic mass is 10.1. The molecule has 0 saturated heterocycles. The van der Waals surface area contributed by atoms with Gasteiger partial charge in [-0.1, -0.05) is 18.2 Å². The van der Waals surface area contributed by atoms with Crippen LogP contribution in [0.2, 0.25) is 0 Å². The molecule has 0 bridgehead atoms. The number of hydrogen-bond donors (Lipinski definition) is 1. The number of alkyl halides is 3. The first kappa shape index (κ1) is 18.2. The fourth-order valence-electron chi connectivity index (χ4n) is 2.72. The van der Waals surface area contributed by atoms with E-state index in [0.29, 0.717) is 16.1 Å². The zero-order valence-corrected chi connectivity index (χ0v) is 13.9. The standard InChI is InChI=1S/C17H12F3NO4S/c18-17(19,20)12-6-11(9-22)15-8-13(10-23)21(16(15)7-12)26(24,25)14-4-2-1-3-5-14/h1-9,23H,10H2. The molecular formula is C17H12F3NO4S. The smallest absolute Gasteiger partial charge is 0.390 e. The molecular weight excluding hydrogens is 371 g/mol. The SMILES string of the molecule is O=Cc1cc(C(F)(F)F)cc2c1cc(CO)n2S(=O)(=O)c1ccccc1. The molecule has 136 valence electrons. The third kappa shape index (κ3) is 2.89. The average molecular weight is 383 g/mol. The van der Waals surface area contributed by atoms with Gasteiger partial charge in [-0.2, -0.15) is 13.2 Å². The number of aldehydes is 1. The Morgan fingerprint density at radius 3 is 2.27 bits per heavy atom. The number of carbonyl (C=O) groups is 1. The molecule has 26 heavy (non-hydrogen) atoms. The lowest BCUT2D eigenvalue weighted by Gasteiger charge is -2.13. The first-order valence-corrected chi connectivity index (χ1v) is 8.76. The number of fused-ring (bicyclic) bond motifs is 1. The van der Waals surface area contributed by atoms with Gasteiger partial charge < -0.3 is 5.11 Å². The van der Waals surface area contributed by atoms with E-state index in [-0.39, 0.29) is 33.3 Å². The lowest BCUT2D eigenvalue weighted by Crippen LogP contribution is -2.16. The largest absolute Gasteiger partial charge is 0.416 e. The number of benzene rings is 2. The number of hydrogen-bond acceptors (Lipinski definition) is 4. The van der Waals surface area contributed by atoms with Gasteiger partial charge in [0.2, 0.25) is 0 Å². The van der Waals surface area contributed by atoms with E-state index in [1.165, 1.54) is 30.3 Å². The van der Waals surface area contributed by atoms with E-state index in [2.05, 4.69) is 0 Å². The van der Waals surface area contributed by atoms with Gasteiger partial charge in [0.1, 0.15) is 0 Å². The molecule has 9 heteroatoms. The van der Waals surface area contributed by atoms with Gasteiger partial charge in [0.25, 0.3) is 10.0 Å². The Bertz CT molecular complexity index is 1090. The minimum absolute atomic E-state index is 0.0107. The van der Waals surface area contributed by atoms with Crippen LogP contribution in [0.1, 0.15) is 21.6 Å². The Morgan fingerprint density at radius 1 is 1.08 bits per heavy atom. The molecule has 0 unspecified atom stereocenters. The molecule has 1 heterocycles. The van der Waals surface area contributed by atoms with Crippen LogP contribution in [0.25, 0.3) is 10.9 Å². The molecule has 0 amide bonds. The molecule has 0 saturated carbocycles. The van der Waals surface area contributed by atoms with Crippen molar-refractivity contribution in [2.75, 3.05) is 0 Å². The maximum Gasteiger partial charge on any atom is 0.416 e. The summed E-state index contributed by atoms with van der Waals surface area (Å²) in [4.78, 5) is 11.1. The zero-order valence-electron chi connectivity index (χ0n) is 13.1. The van der Waals surface area contributed by atoms with E-state index in [9.17, 15) is 31.5 Å². The summed E-state index contributed by atoms with van der Waals surface area (Å²) in [5.41, 5.74) is -1.94. The number of halogens is 3. The summed E-state index contributed by atoms with van der Waals surface area (Å²) in [6.45, 7) is -0.736. The fourth-order valence-corrected chi connectivity index (χ4v) is 4.26. The zero-order chi connectivity index (χ0) is 19.1. The number of rotatable bonds is 4. The van der Waals surface area contributed by atoms with Crippen molar-refractivity contribution in [2.24, 2.45) is 0 Å². The highest BCUT2D eigenvalue weighted by Gasteiger charge is 2.33. The summed E-state index contributed by atoms with van der Waals surface area (Å²) in [6, 6.07) is 9.60. The Hall–Kier alpha value is -2.65. The molecule has 3 aromatic rings. The predicted molar refractivity (Wildman–Crippen MR) is 87.3 cm³/mol. The second-order valence-electron chi connectivity index (χ2n) is 5.49. The summed E-state index contributed by atoms with van der Waals surface area (Å²) in [5.74, 6) is 0. The second-order valence-corrected chi connectivity index (χ2v) is 7.28. The summed E-state index contributed by atoms with van der Waals surface area (Å²) >= 11 is 0. The van der Waals surface area contributed by atoms with Crippen LogP contribution in [0.15, 0.2) is 53.4 Å². The number of nitrogens with zero attached hydrogens (tertiary/aromatic N) is 1. The van der Waals surface area contributed by atoms with Crippen LogP contribution in [0.4, 0.5) is 13.2 Å². The van der Waals surface area contributed by atoms with Crippen LogP contribution in [0.3, 0.4) is 0 Å². The van der Waals surface area contributed by atoms with Gasteiger partial charge in [-0.25, -0.2) is 12.4 Å². The van der Waals surface area contributed by atoms with E-state index >= 15 is 0 Å². The Morgan fingerprint density at radius 2 is 1.73 bits per heavy atom. The van der Waals surface area contributed by atoms with Gasteiger partial charge in [-0.3, -0.25) is 4.79 Å². The fraction of sp³-hybridized carbons (Fsp3) is 0.118. The monoisotopic (exact) mass is 383 g/mol. The third-order valence-electron chi connectivity index (χ3n) is 3.88. The van der Waals surface area contributed by atoms with Gasteiger partial charge in [0.05, 0.1) is 28.3 Å². The topological polar surface area (TPSA) is 76.4 Å². The summed E-state index contributed by atoms with van der Waals surface area (Å²) in [6.07, 6.45) is -4.55. The van der Waals surface area contributed by atoms with Crippen LogP contribution < -0.4 is 0 Å². The van der Waals surface area contributed by atoms with Gasteiger partial charge in [-0.15, -0.1) is 0 Å². The average Bonchev–Trinajstić information content (AvgIpc) is 3.00. The van der Waals surface area contributed by atoms with Gasteiger partial charge in [-0.05, 0) is 30.3 Å². The normalized spacial score (nSPS) is 12.5. The molecule has 0 radical (unpaired) electrons. The highest BCUT2D eigenvalue weighted by atomic mass is 32.2. The Labute approximate surface area is 146 Å². The number of aromatic nitrogens is 1. The molecule has 5 nitrogen and oxygen atoms in total. The molecule has 0 fully saturated rings. The molecule has 1 aromatic heterocycles. The van der Waals surface area contributed by atoms with Crippen molar-refractivity contribution in [2.45, 2.75) is 17.7 Å². The van der Waals surface area contributed by atoms with E-state index < -0.39 is 28.4 Å². The molecule has 1 N–H and O–H groups in total. The highest BCUT2D eigenvalue weighted by molar-refractivity contribution is 7.90. The number of aliphatic hydroxyl groups is 1. The van der Waals surface area contributed by atoms with Crippen molar-refractivity contribution < 1.29 is 31.5 Å². The van der Waals surface area contributed by atoms with E-state index in [1.54, 1.807) is 6.07 Å². The van der Waals surface area contributed by atoms with Crippen LogP contribution >= 0.6 is 0 Å². The minimum Gasteiger partial charge on any atom is -0.390 e. The van der Waals surface area contributed by atoms with Crippen molar-refractivity contribution in [3.63, 3.8) is 0 Å². The van der Waals surface area contributed by atoms with Gasteiger partial charge in [0.15, 0.2) is 6.29 Å². The summed E-state index contributed by atoms with van der Waals surface area (Å²) in [5, 5.41) is 9.54. The summed E-state index contributed by atoms with van der Waals surface area (Å²) in [7, 11) is -4.28. The molecule has 2 aromatic carbocycles. The molecule has 0 aliphatic rings. The first-order chi connectivity index (χ1) is 12.2. The Balaban J connectivity index is 2.43. The van der Waals surface area contributed by atoms with Crippen LogP contribution in [0.5, 0.6) is 0 Å². The third-order valence-corrected chi connectivity index (χ3v) is 5.66. The molecule has 0 atom stereocenters. The van der Waals surface area contributed by atoms with Gasteiger partial charge in [0, 0.05) is 10.9 Å². The second kappa shape index (κ2) is 6.26. The van der Waals surface area contributed by atoms with Crippen molar-refractivity contribution >= 4 is 27.2 Å². The maximum atomic E-state index is 13.1. The number of carbonyl (C=O) groups excluding carboxylic acids is 1. The quantitative estimate of drug-likeness (QED) is 0.702. The highest BCUT2D eigenvalue weighted by Crippen LogP contribution is 2.35. The van der Waals surface area contributed by atoms with Gasteiger partial charge >= 0.3 is 6.18 Å². The van der Waals surface area contributed by atoms with Crippen LogP contribution in [-0.4, -0.2) is 23.8 Å². The number of aliphatic hydroxyl groups excluding tert-OH is 1. The predicted octanol–water partition coefficient (Wildman–Crippen LogP) is 3.20. The van der Waals surface area contributed by atoms with Crippen LogP contribution in [-0.2, 0) is 22.8 Å². The van der Waals surface area contributed by atoms with Crippen molar-refractivity contribution in [3.8, 4) is 0 Å². The van der Waals surface area contributed by atoms with Crippen molar-refractivity contribution in [3.05, 3.63) is 65.4 Å². The minimum atomic E-state index is -4.77. The van der Waals surface area contributed by atoms with E-state index in [1.807, 2.05) is 0 Å². The Kier molecular flexibility index (Phi) is 4.37. The van der Waals surface area contributed by atoms with Crippen molar-refractivity contribution in [1.82, 2.24) is 3.97 Å². The van der Waals surface area contributed by atoms with Crippen LogP contribution in [0, 0.1) is 0 Å². The lowest BCUT2D eigenvalue weighted by molar-refractivity contribution is -0.137.